The Morgan fingerprint density at radius 1 is 1.22 bits per heavy atom. The third-order valence-electron chi connectivity index (χ3n) is 9.62. The van der Waals surface area contributed by atoms with Gasteiger partial charge in [0.25, 0.3) is 0 Å². The van der Waals surface area contributed by atoms with E-state index in [1.165, 1.54) is 6.42 Å². The number of nitrogens with zero attached hydrogens (tertiary/aromatic N) is 4. The Bertz CT molecular complexity index is 1360. The van der Waals surface area contributed by atoms with E-state index in [4.69, 9.17) is 10.2 Å². The summed E-state index contributed by atoms with van der Waals surface area (Å²) in [4.78, 5) is 26.3. The molecule has 5 aliphatic rings. The first-order valence-corrected chi connectivity index (χ1v) is 13.7. The number of aromatic amines is 1. The lowest BCUT2D eigenvalue weighted by Crippen LogP contribution is -2.65. The number of fused-ring (bicyclic) bond motifs is 3. The highest BCUT2D eigenvalue weighted by molar-refractivity contribution is 6.01. The summed E-state index contributed by atoms with van der Waals surface area (Å²) in [5.41, 5.74) is 1.85. The number of nitriles is 1. The van der Waals surface area contributed by atoms with E-state index >= 15 is 0 Å². The first kappa shape index (κ1) is 22.3. The first-order valence-electron chi connectivity index (χ1n) is 13.7. The molecule has 36 heavy (non-hydrogen) atoms. The third kappa shape index (κ3) is 3.62. The summed E-state index contributed by atoms with van der Waals surface area (Å²) in [5, 5.41) is 24.7. The summed E-state index contributed by atoms with van der Waals surface area (Å²) in [6.45, 7) is 0. The maximum Gasteiger partial charge on any atom is 0.228 e. The lowest BCUT2D eigenvalue weighted by molar-refractivity contribution is -0.150. The minimum atomic E-state index is -0.599. The number of nitrogens with one attached hydrogen (secondary N) is 2. The molecule has 8 nitrogen and oxygen atoms in total. The number of hydrogen-bond acceptors (Lipinski definition) is 5. The van der Waals surface area contributed by atoms with Gasteiger partial charge in [0.15, 0.2) is 0 Å². The van der Waals surface area contributed by atoms with Gasteiger partial charge < -0.3 is 20.0 Å². The molecule has 0 spiro atoms. The molecule has 5 saturated carbocycles. The van der Waals surface area contributed by atoms with Gasteiger partial charge in [0.2, 0.25) is 5.91 Å². The van der Waals surface area contributed by atoms with E-state index in [1.807, 2.05) is 18.5 Å². The summed E-state index contributed by atoms with van der Waals surface area (Å²) in [7, 11) is 0. The Morgan fingerprint density at radius 3 is 2.72 bits per heavy atom. The minimum Gasteiger partial charge on any atom is -0.390 e. The molecular weight excluding hydrogens is 452 g/mol. The fraction of sp³-hybridized carbons (Fsp3) is 0.643. The van der Waals surface area contributed by atoms with Gasteiger partial charge in [0.1, 0.15) is 17.0 Å². The molecule has 0 aromatic carbocycles. The molecule has 2 atom stereocenters. The Labute approximate surface area is 210 Å². The molecular formula is C28H34N6O2. The number of pyridine rings is 1. The second kappa shape index (κ2) is 8.04. The molecule has 3 N–H and O–H groups in total. The van der Waals surface area contributed by atoms with Crippen LogP contribution in [-0.2, 0) is 11.2 Å². The van der Waals surface area contributed by atoms with Gasteiger partial charge in [-0.2, -0.15) is 5.26 Å². The molecule has 3 aromatic heterocycles. The van der Waals surface area contributed by atoms with E-state index in [0.29, 0.717) is 30.6 Å². The minimum absolute atomic E-state index is 0.00791. The maximum atomic E-state index is 13.6. The quantitative estimate of drug-likeness (QED) is 0.497. The summed E-state index contributed by atoms with van der Waals surface area (Å²) in [6, 6.07) is 4.64. The van der Waals surface area contributed by atoms with Crippen LogP contribution in [0.1, 0.15) is 82.5 Å². The van der Waals surface area contributed by atoms with Crippen molar-refractivity contribution in [2.45, 2.75) is 94.2 Å². The largest absolute Gasteiger partial charge is 0.390 e. The third-order valence-corrected chi connectivity index (χ3v) is 9.62. The number of carbonyl (C=O) groups excluding carboxylic acids is 1. The highest BCUT2D eigenvalue weighted by Crippen LogP contribution is 2.57. The number of carbonyl (C=O) groups is 1. The molecule has 0 saturated heterocycles. The fourth-order valence-corrected chi connectivity index (χ4v) is 8.74. The van der Waals surface area contributed by atoms with Gasteiger partial charge in [-0.05, 0) is 88.0 Å². The second-order valence-corrected chi connectivity index (χ2v) is 12.4. The standard InChI is InChI=1S/C28H34N6O2/c29-7-5-17-1-3-20(4-2-17)34-23(32-22-15-31-26-21(25(22)34)6-8-30-26)10-24(35)33-27-11-18-9-19(12-27)14-28(36,13-18)16-27/h6,8,15,17-20,36H,1-5,9-14,16H2,(H,30,31)(H,33,35)/t17-,18?,19?,20+,27?,28?. The van der Waals surface area contributed by atoms with Crippen molar-refractivity contribution in [1.29, 1.82) is 5.26 Å². The van der Waals surface area contributed by atoms with Crippen LogP contribution in [0.25, 0.3) is 22.1 Å². The van der Waals surface area contributed by atoms with Gasteiger partial charge >= 0.3 is 0 Å². The van der Waals surface area contributed by atoms with Crippen LogP contribution in [0.15, 0.2) is 18.5 Å². The topological polar surface area (TPSA) is 120 Å². The van der Waals surface area contributed by atoms with E-state index in [-0.39, 0.29) is 23.9 Å². The molecule has 188 valence electrons. The predicted molar refractivity (Wildman–Crippen MR) is 135 cm³/mol. The summed E-state index contributed by atoms with van der Waals surface area (Å²) in [5.74, 6) is 2.32. The zero-order chi connectivity index (χ0) is 24.5. The van der Waals surface area contributed by atoms with Crippen LogP contribution in [-0.4, -0.2) is 41.7 Å². The number of amides is 1. The molecule has 3 aromatic rings. The van der Waals surface area contributed by atoms with Crippen LogP contribution >= 0.6 is 0 Å². The van der Waals surface area contributed by atoms with Crippen LogP contribution in [0.4, 0.5) is 0 Å². The van der Waals surface area contributed by atoms with Gasteiger partial charge in [0.05, 0.1) is 29.8 Å². The zero-order valence-electron chi connectivity index (χ0n) is 20.7. The van der Waals surface area contributed by atoms with Crippen LogP contribution in [0.2, 0.25) is 0 Å². The molecule has 8 rings (SSSR count). The number of imidazole rings is 1. The van der Waals surface area contributed by atoms with Crippen LogP contribution in [0.5, 0.6) is 0 Å². The monoisotopic (exact) mass is 486 g/mol. The van der Waals surface area contributed by atoms with Crippen molar-refractivity contribution in [1.82, 2.24) is 24.8 Å². The Balaban J connectivity index is 1.20. The van der Waals surface area contributed by atoms with Gasteiger partial charge in [-0.15, -0.1) is 0 Å². The van der Waals surface area contributed by atoms with E-state index < -0.39 is 5.60 Å². The predicted octanol–water partition coefficient (Wildman–Crippen LogP) is 4.30. The zero-order valence-corrected chi connectivity index (χ0v) is 20.7. The Hall–Kier alpha value is -2.92. The number of rotatable bonds is 5. The van der Waals surface area contributed by atoms with E-state index in [2.05, 4.69) is 25.9 Å². The number of aromatic nitrogens is 4. The molecule has 4 bridgehead atoms. The van der Waals surface area contributed by atoms with Crippen molar-refractivity contribution in [3.63, 3.8) is 0 Å². The Kier molecular flexibility index (Phi) is 4.98. The molecule has 5 fully saturated rings. The molecule has 0 aliphatic heterocycles. The van der Waals surface area contributed by atoms with Crippen molar-refractivity contribution in [2.75, 3.05) is 0 Å². The van der Waals surface area contributed by atoms with Crippen molar-refractivity contribution in [2.24, 2.45) is 17.8 Å². The van der Waals surface area contributed by atoms with Gasteiger partial charge in [-0.25, -0.2) is 9.97 Å². The van der Waals surface area contributed by atoms with Crippen molar-refractivity contribution < 1.29 is 9.90 Å². The van der Waals surface area contributed by atoms with Crippen LogP contribution in [0, 0.1) is 29.1 Å². The number of H-pyrrole nitrogens is 1. The van der Waals surface area contributed by atoms with Gasteiger partial charge in [0, 0.05) is 29.6 Å². The fourth-order valence-electron chi connectivity index (χ4n) is 8.74. The average molecular weight is 487 g/mol. The highest BCUT2D eigenvalue weighted by atomic mass is 16.3. The molecule has 5 aliphatic carbocycles. The second-order valence-electron chi connectivity index (χ2n) is 12.4. The summed E-state index contributed by atoms with van der Waals surface area (Å²) >= 11 is 0. The van der Waals surface area contributed by atoms with Crippen molar-refractivity contribution in [3.8, 4) is 6.07 Å². The lowest BCUT2D eigenvalue weighted by atomic mass is 9.51. The average Bonchev–Trinajstić information content (AvgIpc) is 3.42. The highest BCUT2D eigenvalue weighted by Gasteiger charge is 2.57. The summed E-state index contributed by atoms with van der Waals surface area (Å²) in [6.07, 6.45) is 14.2. The Morgan fingerprint density at radius 2 is 2.00 bits per heavy atom. The first-order chi connectivity index (χ1) is 17.4. The summed E-state index contributed by atoms with van der Waals surface area (Å²) < 4.78 is 2.31. The molecule has 1 amide bonds. The molecule has 2 unspecified atom stereocenters. The normalized spacial score (nSPS) is 35.3. The maximum absolute atomic E-state index is 13.6. The smallest absolute Gasteiger partial charge is 0.228 e. The van der Waals surface area contributed by atoms with Crippen LogP contribution in [0.3, 0.4) is 0 Å². The van der Waals surface area contributed by atoms with Gasteiger partial charge in [-0.1, -0.05) is 0 Å². The number of hydrogen-bond donors (Lipinski definition) is 3. The van der Waals surface area contributed by atoms with Gasteiger partial charge in [-0.3, -0.25) is 4.79 Å². The molecule has 0 radical (unpaired) electrons. The van der Waals surface area contributed by atoms with Crippen molar-refractivity contribution in [3.05, 3.63) is 24.3 Å². The molecule has 8 heteroatoms. The SMILES string of the molecule is N#CC[C@H]1CC[C@@H](n2c(CC(=O)NC34CC5CC(CC(O)(C5)C3)C4)nc3cnc4[nH]ccc4c32)CC1. The van der Waals surface area contributed by atoms with E-state index in [9.17, 15) is 9.90 Å². The van der Waals surface area contributed by atoms with E-state index in [0.717, 1.165) is 79.3 Å². The van der Waals surface area contributed by atoms with E-state index in [1.54, 1.807) is 0 Å². The lowest BCUT2D eigenvalue weighted by Gasteiger charge is -2.60. The van der Waals surface area contributed by atoms with Crippen LogP contribution < -0.4 is 5.32 Å². The van der Waals surface area contributed by atoms with Crippen molar-refractivity contribution >= 4 is 28.0 Å². The number of aliphatic hydroxyl groups is 1. The molecule has 3 heterocycles.